The molecule has 0 bridgehead atoms. The van der Waals surface area contributed by atoms with E-state index in [0.29, 0.717) is 5.95 Å². The Morgan fingerprint density at radius 2 is 2.06 bits per heavy atom. The number of fused-ring (bicyclic) bond motifs is 1. The van der Waals surface area contributed by atoms with E-state index in [9.17, 15) is 24.5 Å². The van der Waals surface area contributed by atoms with Crippen molar-refractivity contribution < 1.29 is 14.5 Å². The molecule has 0 saturated carbocycles. The minimum absolute atomic E-state index is 0.00631. The number of nitro groups is 1. The number of nitrogens with zero attached hydrogens (tertiary/aromatic N) is 3. The molecule has 3 N–H and O–H groups in total. The number of amides is 2. The number of carbonyl (C=O) groups excluding carboxylic acids is 2. The van der Waals surface area contributed by atoms with Gasteiger partial charge in [0.15, 0.2) is 0 Å². The Bertz CT molecular complexity index is 1110. The van der Waals surface area contributed by atoms with Crippen LogP contribution in [0.3, 0.4) is 0 Å². The summed E-state index contributed by atoms with van der Waals surface area (Å²) in [5, 5.41) is 16.3. The van der Waals surface area contributed by atoms with Gasteiger partial charge in [0.2, 0.25) is 17.8 Å². The summed E-state index contributed by atoms with van der Waals surface area (Å²) in [4.78, 5) is 57.9. The zero-order valence-electron chi connectivity index (χ0n) is 16.9. The van der Waals surface area contributed by atoms with Crippen LogP contribution in [0.5, 0.6) is 0 Å². The fourth-order valence-corrected chi connectivity index (χ4v) is 4.09. The lowest BCUT2D eigenvalue weighted by Gasteiger charge is -2.34. The predicted octanol–water partition coefficient (Wildman–Crippen LogP) is 2.12. The number of hydrogen-bond acceptors (Lipinski definition) is 7. The molecule has 2 aliphatic heterocycles. The molecule has 1 aromatic carbocycles. The van der Waals surface area contributed by atoms with Gasteiger partial charge in [-0.25, -0.2) is 0 Å². The lowest BCUT2D eigenvalue weighted by molar-refractivity contribution is -0.383. The van der Waals surface area contributed by atoms with Crippen LogP contribution in [0.4, 0.5) is 23.1 Å². The zero-order chi connectivity index (χ0) is 22.1. The highest BCUT2D eigenvalue weighted by atomic mass is 16.6. The van der Waals surface area contributed by atoms with E-state index in [1.165, 1.54) is 18.2 Å². The Hall–Kier alpha value is -3.76. The summed E-state index contributed by atoms with van der Waals surface area (Å²) >= 11 is 0. The van der Waals surface area contributed by atoms with Gasteiger partial charge in [-0.05, 0) is 32.3 Å². The molecule has 2 atom stereocenters. The first kappa shape index (κ1) is 20.5. The Labute approximate surface area is 177 Å². The van der Waals surface area contributed by atoms with Gasteiger partial charge in [0.25, 0.3) is 11.2 Å². The van der Waals surface area contributed by atoms with Gasteiger partial charge in [-0.15, -0.1) is 0 Å². The summed E-state index contributed by atoms with van der Waals surface area (Å²) < 4.78 is 0. The van der Waals surface area contributed by atoms with Crippen LogP contribution in [-0.4, -0.2) is 39.3 Å². The van der Waals surface area contributed by atoms with Crippen LogP contribution in [-0.2, 0) is 9.59 Å². The number of nitrogens with one attached hydrogen (secondary N) is 3. The van der Waals surface area contributed by atoms with E-state index in [1.54, 1.807) is 6.07 Å². The van der Waals surface area contributed by atoms with Crippen molar-refractivity contribution in [2.75, 3.05) is 22.1 Å². The monoisotopic (exact) mass is 426 g/mol. The summed E-state index contributed by atoms with van der Waals surface area (Å²) in [6.45, 7) is 2.78. The maximum atomic E-state index is 12.9. The van der Waals surface area contributed by atoms with Crippen LogP contribution in [0.2, 0.25) is 0 Å². The number of nitro benzene ring substituents is 1. The molecule has 2 aliphatic rings. The zero-order valence-corrected chi connectivity index (χ0v) is 16.9. The third-order valence-corrected chi connectivity index (χ3v) is 5.69. The van der Waals surface area contributed by atoms with Crippen LogP contribution in [0.15, 0.2) is 29.1 Å². The number of carbonyl (C=O) groups is 2. The molecule has 1 saturated heterocycles. The highest BCUT2D eigenvalue weighted by Crippen LogP contribution is 2.32. The van der Waals surface area contributed by atoms with Gasteiger partial charge < -0.3 is 15.5 Å². The van der Waals surface area contributed by atoms with E-state index in [-0.39, 0.29) is 35.2 Å². The van der Waals surface area contributed by atoms with Crippen molar-refractivity contribution in [3.8, 4) is 0 Å². The topological polar surface area (TPSA) is 150 Å². The van der Waals surface area contributed by atoms with E-state index in [2.05, 4.69) is 20.6 Å². The smallest absolute Gasteiger partial charge is 0.292 e. The molecular formula is C20H22N6O5. The van der Waals surface area contributed by atoms with Gasteiger partial charge in [0.05, 0.1) is 16.4 Å². The molecule has 162 valence electrons. The standard InChI is InChI=1S/C20H22N6O5/c1-11-6-4-5-9-25(11)20-23-17-16(19(29)24-20)12(10-15(27)22-17)18(28)21-13-7-2-3-8-14(13)26(30)31/h2-3,7-8,11-12H,4-6,9-10H2,1H3,(H,21,28)(H2,22,23,24,27,29). The van der Waals surface area contributed by atoms with Crippen molar-refractivity contribution >= 4 is 35.0 Å². The van der Waals surface area contributed by atoms with Crippen LogP contribution >= 0.6 is 0 Å². The molecule has 31 heavy (non-hydrogen) atoms. The molecule has 0 spiro atoms. The average molecular weight is 426 g/mol. The Morgan fingerprint density at radius 3 is 2.81 bits per heavy atom. The van der Waals surface area contributed by atoms with Crippen molar-refractivity contribution in [1.82, 2.24) is 9.97 Å². The number of para-hydroxylation sites is 2. The number of rotatable bonds is 4. The first-order chi connectivity index (χ1) is 14.8. The lowest BCUT2D eigenvalue weighted by atomic mass is 9.92. The lowest BCUT2D eigenvalue weighted by Crippen LogP contribution is -2.42. The molecular weight excluding hydrogens is 404 g/mol. The van der Waals surface area contributed by atoms with E-state index in [4.69, 9.17) is 0 Å². The van der Waals surface area contributed by atoms with Crippen LogP contribution in [0, 0.1) is 10.1 Å². The van der Waals surface area contributed by atoms with Gasteiger partial charge in [0, 0.05) is 25.1 Å². The molecule has 0 radical (unpaired) electrons. The second-order valence-electron chi connectivity index (χ2n) is 7.76. The van der Waals surface area contributed by atoms with Crippen molar-refractivity contribution in [3.05, 3.63) is 50.3 Å². The van der Waals surface area contributed by atoms with Crippen molar-refractivity contribution in [3.63, 3.8) is 0 Å². The molecule has 3 heterocycles. The second-order valence-corrected chi connectivity index (χ2v) is 7.76. The van der Waals surface area contributed by atoms with Crippen LogP contribution in [0.25, 0.3) is 0 Å². The number of aromatic amines is 1. The third-order valence-electron chi connectivity index (χ3n) is 5.69. The summed E-state index contributed by atoms with van der Waals surface area (Å²) in [6.07, 6.45) is 2.77. The van der Waals surface area contributed by atoms with Gasteiger partial charge in [0.1, 0.15) is 11.5 Å². The van der Waals surface area contributed by atoms with Crippen molar-refractivity contribution in [1.29, 1.82) is 0 Å². The molecule has 1 fully saturated rings. The third kappa shape index (κ3) is 3.98. The summed E-state index contributed by atoms with van der Waals surface area (Å²) in [7, 11) is 0. The van der Waals surface area contributed by atoms with Crippen LogP contribution in [0.1, 0.15) is 44.1 Å². The fraction of sp³-hybridized carbons (Fsp3) is 0.400. The van der Waals surface area contributed by atoms with E-state index < -0.39 is 28.2 Å². The van der Waals surface area contributed by atoms with Crippen molar-refractivity contribution in [2.24, 2.45) is 0 Å². The minimum atomic E-state index is -1.12. The predicted molar refractivity (Wildman–Crippen MR) is 113 cm³/mol. The SMILES string of the molecule is CC1CCCCN1c1nc2c(c(=O)[nH]1)C(C(=O)Nc1ccccc1[N+](=O)[O-])CC(=O)N2. The minimum Gasteiger partial charge on any atom is -0.340 e. The van der Waals surface area contributed by atoms with Gasteiger partial charge in [-0.2, -0.15) is 4.98 Å². The summed E-state index contributed by atoms with van der Waals surface area (Å²) in [6, 6.07) is 5.87. The maximum Gasteiger partial charge on any atom is 0.292 e. The van der Waals surface area contributed by atoms with E-state index in [1.807, 2.05) is 11.8 Å². The molecule has 1 aromatic heterocycles. The molecule has 2 aromatic rings. The Kier molecular flexibility index (Phi) is 5.40. The molecule has 11 heteroatoms. The number of H-pyrrole nitrogens is 1. The van der Waals surface area contributed by atoms with Crippen molar-refractivity contribution in [2.45, 2.75) is 44.6 Å². The number of benzene rings is 1. The highest BCUT2D eigenvalue weighted by molar-refractivity contribution is 6.05. The first-order valence-electron chi connectivity index (χ1n) is 10.1. The molecule has 2 unspecified atom stereocenters. The van der Waals surface area contributed by atoms with Gasteiger partial charge in [-0.3, -0.25) is 29.5 Å². The first-order valence-corrected chi connectivity index (χ1v) is 10.1. The normalized spacial score (nSPS) is 20.5. The quantitative estimate of drug-likeness (QED) is 0.500. The number of hydrogen-bond donors (Lipinski definition) is 3. The highest BCUT2D eigenvalue weighted by Gasteiger charge is 2.36. The molecule has 4 rings (SSSR count). The maximum absolute atomic E-state index is 12.9. The number of aromatic nitrogens is 2. The number of anilines is 3. The fourth-order valence-electron chi connectivity index (χ4n) is 4.09. The van der Waals surface area contributed by atoms with Crippen LogP contribution < -0.4 is 21.1 Å². The second kappa shape index (κ2) is 8.17. The molecule has 2 amide bonds. The van der Waals surface area contributed by atoms with E-state index in [0.717, 1.165) is 25.8 Å². The summed E-state index contributed by atoms with van der Waals surface area (Å²) in [5.41, 5.74) is -0.754. The molecule has 0 aliphatic carbocycles. The average Bonchev–Trinajstić information content (AvgIpc) is 2.73. The summed E-state index contributed by atoms with van der Waals surface area (Å²) in [5.74, 6) is -1.85. The van der Waals surface area contributed by atoms with Gasteiger partial charge in [-0.1, -0.05) is 12.1 Å². The van der Waals surface area contributed by atoms with E-state index >= 15 is 0 Å². The Balaban J connectivity index is 1.68. The molecule has 11 nitrogen and oxygen atoms in total. The Morgan fingerprint density at radius 1 is 1.29 bits per heavy atom. The largest absolute Gasteiger partial charge is 0.340 e. The number of piperidine rings is 1. The van der Waals surface area contributed by atoms with Gasteiger partial charge >= 0.3 is 0 Å².